The highest BCUT2D eigenvalue weighted by Crippen LogP contribution is 2.22. The number of amides is 1. The SMILES string of the molecule is CC(C)CCOc1ccc(NC(=O)CC(C)(C)C(=O)O)cc1. The van der Waals surface area contributed by atoms with Gasteiger partial charge in [-0.1, -0.05) is 13.8 Å². The summed E-state index contributed by atoms with van der Waals surface area (Å²) in [6.07, 6.45) is 0.914. The molecule has 1 amide bonds. The summed E-state index contributed by atoms with van der Waals surface area (Å²) in [5, 5.41) is 11.7. The normalized spacial score (nSPS) is 11.3. The van der Waals surface area contributed by atoms with Gasteiger partial charge in [-0.05, 0) is 50.5 Å². The molecule has 122 valence electrons. The highest BCUT2D eigenvalue weighted by Gasteiger charge is 2.30. The molecular weight excluding hydrogens is 282 g/mol. The summed E-state index contributed by atoms with van der Waals surface area (Å²) in [7, 11) is 0. The third-order valence-corrected chi connectivity index (χ3v) is 3.28. The Balaban J connectivity index is 2.50. The predicted octanol–water partition coefficient (Wildman–Crippen LogP) is 3.55. The second-order valence-electron chi connectivity index (χ2n) is 6.47. The van der Waals surface area contributed by atoms with E-state index in [2.05, 4.69) is 19.2 Å². The van der Waals surface area contributed by atoms with Crippen LogP contribution in [-0.2, 0) is 9.59 Å². The third-order valence-electron chi connectivity index (χ3n) is 3.28. The van der Waals surface area contributed by atoms with E-state index in [0.29, 0.717) is 18.2 Å². The molecule has 22 heavy (non-hydrogen) atoms. The maximum absolute atomic E-state index is 11.9. The Morgan fingerprint density at radius 3 is 2.32 bits per heavy atom. The maximum Gasteiger partial charge on any atom is 0.309 e. The second kappa shape index (κ2) is 7.82. The first-order valence-corrected chi connectivity index (χ1v) is 7.47. The maximum atomic E-state index is 11.9. The summed E-state index contributed by atoms with van der Waals surface area (Å²) in [4.78, 5) is 22.9. The molecule has 1 aromatic carbocycles. The zero-order valence-electron chi connectivity index (χ0n) is 13.7. The zero-order valence-corrected chi connectivity index (χ0v) is 13.7. The van der Waals surface area contributed by atoms with Crippen molar-refractivity contribution < 1.29 is 19.4 Å². The molecule has 0 unspecified atom stereocenters. The van der Waals surface area contributed by atoms with E-state index >= 15 is 0 Å². The smallest absolute Gasteiger partial charge is 0.309 e. The quantitative estimate of drug-likeness (QED) is 0.770. The van der Waals surface area contributed by atoms with Crippen molar-refractivity contribution in [2.24, 2.45) is 11.3 Å². The van der Waals surface area contributed by atoms with Crippen molar-refractivity contribution in [1.82, 2.24) is 0 Å². The van der Waals surface area contributed by atoms with Gasteiger partial charge in [-0.15, -0.1) is 0 Å². The number of nitrogens with one attached hydrogen (secondary N) is 1. The molecule has 0 heterocycles. The lowest BCUT2D eigenvalue weighted by atomic mass is 9.89. The van der Waals surface area contributed by atoms with E-state index in [1.165, 1.54) is 13.8 Å². The van der Waals surface area contributed by atoms with Gasteiger partial charge >= 0.3 is 5.97 Å². The molecule has 0 saturated carbocycles. The number of anilines is 1. The van der Waals surface area contributed by atoms with E-state index in [1.54, 1.807) is 24.3 Å². The van der Waals surface area contributed by atoms with Crippen molar-refractivity contribution in [2.45, 2.75) is 40.5 Å². The van der Waals surface area contributed by atoms with E-state index in [9.17, 15) is 9.59 Å². The number of carboxylic acids is 1. The average Bonchev–Trinajstić information content (AvgIpc) is 2.39. The van der Waals surface area contributed by atoms with Gasteiger partial charge in [0, 0.05) is 12.1 Å². The Morgan fingerprint density at radius 1 is 1.23 bits per heavy atom. The van der Waals surface area contributed by atoms with E-state index < -0.39 is 11.4 Å². The number of carbonyl (C=O) groups is 2. The molecule has 0 aromatic heterocycles. The van der Waals surface area contributed by atoms with E-state index in [4.69, 9.17) is 9.84 Å². The van der Waals surface area contributed by atoms with Crippen LogP contribution in [0.4, 0.5) is 5.69 Å². The van der Waals surface area contributed by atoms with Crippen LogP contribution >= 0.6 is 0 Å². The Morgan fingerprint density at radius 2 is 1.82 bits per heavy atom. The number of rotatable bonds is 8. The van der Waals surface area contributed by atoms with E-state index in [-0.39, 0.29) is 12.3 Å². The van der Waals surface area contributed by atoms with Crippen molar-refractivity contribution in [2.75, 3.05) is 11.9 Å². The lowest BCUT2D eigenvalue weighted by molar-refractivity contribution is -0.148. The van der Waals surface area contributed by atoms with Crippen LogP contribution in [0.2, 0.25) is 0 Å². The lowest BCUT2D eigenvalue weighted by Gasteiger charge is -2.18. The summed E-state index contributed by atoms with van der Waals surface area (Å²) in [6.45, 7) is 8.00. The molecule has 1 aromatic rings. The van der Waals surface area contributed by atoms with Crippen LogP contribution in [0.5, 0.6) is 5.75 Å². The molecule has 0 saturated heterocycles. The molecule has 5 heteroatoms. The minimum atomic E-state index is -1.08. The van der Waals surface area contributed by atoms with Crippen LogP contribution in [0.3, 0.4) is 0 Å². The third kappa shape index (κ3) is 6.16. The van der Waals surface area contributed by atoms with Gasteiger partial charge in [-0.25, -0.2) is 0 Å². The summed E-state index contributed by atoms with van der Waals surface area (Å²) in [5.74, 6) is 0.0399. The van der Waals surface area contributed by atoms with Crippen LogP contribution in [-0.4, -0.2) is 23.6 Å². The van der Waals surface area contributed by atoms with E-state index in [0.717, 1.165) is 12.2 Å². The summed E-state index contributed by atoms with van der Waals surface area (Å²) in [6, 6.07) is 7.07. The minimum Gasteiger partial charge on any atom is -0.494 e. The number of benzene rings is 1. The number of hydrogen-bond donors (Lipinski definition) is 2. The molecule has 0 atom stereocenters. The molecule has 0 spiro atoms. The lowest BCUT2D eigenvalue weighted by Crippen LogP contribution is -2.29. The molecule has 2 N–H and O–H groups in total. The van der Waals surface area contributed by atoms with Crippen LogP contribution in [0, 0.1) is 11.3 Å². The van der Waals surface area contributed by atoms with Gasteiger partial charge in [0.15, 0.2) is 0 Å². The highest BCUT2D eigenvalue weighted by atomic mass is 16.5. The topological polar surface area (TPSA) is 75.6 Å². The van der Waals surface area contributed by atoms with Crippen molar-refractivity contribution in [3.63, 3.8) is 0 Å². The van der Waals surface area contributed by atoms with Gasteiger partial charge in [0.05, 0.1) is 12.0 Å². The van der Waals surface area contributed by atoms with Crippen LogP contribution < -0.4 is 10.1 Å². The van der Waals surface area contributed by atoms with Gasteiger partial charge in [0.25, 0.3) is 0 Å². The molecule has 0 aliphatic heterocycles. The Hall–Kier alpha value is -2.04. The Bertz CT molecular complexity index is 506. The summed E-state index contributed by atoms with van der Waals surface area (Å²) in [5.41, 5.74) is -0.452. The number of aliphatic carboxylic acids is 1. The van der Waals surface area contributed by atoms with Crippen LogP contribution in [0.15, 0.2) is 24.3 Å². The molecular formula is C17H25NO4. The molecule has 0 aliphatic rings. The van der Waals surface area contributed by atoms with Gasteiger partial charge in [-0.3, -0.25) is 9.59 Å². The van der Waals surface area contributed by atoms with Gasteiger partial charge in [-0.2, -0.15) is 0 Å². The molecule has 5 nitrogen and oxygen atoms in total. The fourth-order valence-corrected chi connectivity index (χ4v) is 1.73. The number of carbonyl (C=O) groups excluding carboxylic acids is 1. The fraction of sp³-hybridized carbons (Fsp3) is 0.529. The first-order chi connectivity index (χ1) is 10.2. The average molecular weight is 307 g/mol. The van der Waals surface area contributed by atoms with Crippen molar-refractivity contribution in [3.8, 4) is 5.75 Å². The molecule has 0 fully saturated rings. The zero-order chi connectivity index (χ0) is 16.8. The molecule has 0 radical (unpaired) electrons. The van der Waals surface area contributed by atoms with Crippen molar-refractivity contribution >= 4 is 17.6 Å². The number of ether oxygens (including phenoxy) is 1. The standard InChI is InChI=1S/C17H25NO4/c1-12(2)9-10-22-14-7-5-13(6-8-14)18-15(19)11-17(3,4)16(20)21/h5-8,12H,9-11H2,1-4H3,(H,18,19)(H,20,21). The van der Waals surface area contributed by atoms with Crippen molar-refractivity contribution in [1.29, 1.82) is 0 Å². The summed E-state index contributed by atoms with van der Waals surface area (Å²) >= 11 is 0. The van der Waals surface area contributed by atoms with Crippen molar-refractivity contribution in [3.05, 3.63) is 24.3 Å². The molecule has 0 aliphatic carbocycles. The summed E-state index contributed by atoms with van der Waals surface area (Å²) < 4.78 is 5.60. The second-order valence-corrected chi connectivity index (χ2v) is 6.47. The Kier molecular flexibility index (Phi) is 6.40. The first kappa shape index (κ1) is 18.0. The largest absolute Gasteiger partial charge is 0.494 e. The van der Waals surface area contributed by atoms with Gasteiger partial charge < -0.3 is 15.2 Å². The fourth-order valence-electron chi connectivity index (χ4n) is 1.73. The predicted molar refractivity (Wildman–Crippen MR) is 86.1 cm³/mol. The van der Waals surface area contributed by atoms with Crippen LogP contribution in [0.1, 0.15) is 40.5 Å². The number of hydrogen-bond acceptors (Lipinski definition) is 3. The minimum absolute atomic E-state index is 0.0744. The van der Waals surface area contributed by atoms with Gasteiger partial charge in [0.2, 0.25) is 5.91 Å². The highest BCUT2D eigenvalue weighted by molar-refractivity contribution is 5.94. The van der Waals surface area contributed by atoms with Crippen LogP contribution in [0.25, 0.3) is 0 Å². The monoisotopic (exact) mass is 307 g/mol. The van der Waals surface area contributed by atoms with Gasteiger partial charge in [0.1, 0.15) is 5.75 Å². The Labute approximate surface area is 131 Å². The first-order valence-electron chi connectivity index (χ1n) is 7.47. The van der Waals surface area contributed by atoms with E-state index in [1.807, 2.05) is 0 Å². The molecule has 0 bridgehead atoms. The molecule has 1 rings (SSSR count). The number of carboxylic acid groups (broad SMARTS) is 1.